The van der Waals surface area contributed by atoms with Gasteiger partial charge in [0.2, 0.25) is 5.91 Å². The van der Waals surface area contributed by atoms with E-state index < -0.39 is 0 Å². The number of H-pyrrole nitrogens is 1. The number of carbonyl (C=O) groups excluding carboxylic acids is 1. The van der Waals surface area contributed by atoms with Gasteiger partial charge in [-0.15, -0.1) is 0 Å². The van der Waals surface area contributed by atoms with Crippen molar-refractivity contribution in [1.82, 2.24) is 20.1 Å². The summed E-state index contributed by atoms with van der Waals surface area (Å²) in [4.78, 5) is 18.4. The van der Waals surface area contributed by atoms with Crippen molar-refractivity contribution in [3.8, 4) is 0 Å². The van der Waals surface area contributed by atoms with Gasteiger partial charge in [-0.25, -0.2) is 4.98 Å². The molecule has 22 heavy (non-hydrogen) atoms. The van der Waals surface area contributed by atoms with Crippen LogP contribution in [0.3, 0.4) is 0 Å². The van der Waals surface area contributed by atoms with Crippen LogP contribution in [0.25, 0.3) is 0 Å². The summed E-state index contributed by atoms with van der Waals surface area (Å²) in [6.07, 6.45) is 3.86. The van der Waals surface area contributed by atoms with Crippen LogP contribution >= 0.6 is 0 Å². The molecule has 2 fully saturated rings. The van der Waals surface area contributed by atoms with Crippen molar-refractivity contribution >= 4 is 5.91 Å². The molecule has 2 saturated heterocycles. The predicted molar refractivity (Wildman–Crippen MR) is 79.6 cm³/mol. The van der Waals surface area contributed by atoms with Gasteiger partial charge in [-0.05, 0) is 25.7 Å². The van der Waals surface area contributed by atoms with Gasteiger partial charge in [0.25, 0.3) is 0 Å². The Morgan fingerprint density at radius 3 is 2.68 bits per heavy atom. The molecule has 0 bridgehead atoms. The third-order valence-electron chi connectivity index (χ3n) is 4.61. The number of carbonyl (C=O) groups is 1. The highest BCUT2D eigenvalue weighted by Gasteiger charge is 2.27. The number of piperidine rings is 1. The molecule has 3 heterocycles. The van der Waals surface area contributed by atoms with E-state index in [-0.39, 0.29) is 12.5 Å². The van der Waals surface area contributed by atoms with E-state index in [1.54, 1.807) is 7.11 Å². The highest BCUT2D eigenvalue weighted by atomic mass is 16.5. The molecule has 0 aromatic carbocycles. The topological polar surface area (TPSA) is 80.3 Å². The van der Waals surface area contributed by atoms with Gasteiger partial charge in [0.1, 0.15) is 12.4 Å². The molecule has 7 nitrogen and oxygen atoms in total. The van der Waals surface area contributed by atoms with E-state index in [0.29, 0.717) is 11.8 Å². The van der Waals surface area contributed by atoms with Crippen molar-refractivity contribution in [2.75, 3.05) is 40.0 Å². The van der Waals surface area contributed by atoms with E-state index in [0.717, 1.165) is 63.6 Å². The van der Waals surface area contributed by atoms with Crippen LogP contribution in [0.15, 0.2) is 0 Å². The van der Waals surface area contributed by atoms with E-state index in [9.17, 15) is 4.79 Å². The molecule has 0 atom stereocenters. The number of nitrogens with one attached hydrogen (secondary N) is 1. The largest absolute Gasteiger partial charge is 0.381 e. The first-order valence-electron chi connectivity index (χ1n) is 8.04. The summed E-state index contributed by atoms with van der Waals surface area (Å²) >= 11 is 0. The summed E-state index contributed by atoms with van der Waals surface area (Å²) in [6.45, 7) is 3.30. The smallest absolute Gasteiger partial charge is 0.248 e. The van der Waals surface area contributed by atoms with Gasteiger partial charge < -0.3 is 14.4 Å². The van der Waals surface area contributed by atoms with Crippen LogP contribution in [0, 0.1) is 0 Å². The summed E-state index contributed by atoms with van der Waals surface area (Å²) in [5.41, 5.74) is 0. The average Bonchev–Trinajstić information content (AvgIpc) is 3.06. The zero-order valence-electron chi connectivity index (χ0n) is 13.1. The number of hydrogen-bond acceptors (Lipinski definition) is 5. The Morgan fingerprint density at radius 2 is 2.00 bits per heavy atom. The summed E-state index contributed by atoms with van der Waals surface area (Å²) in [6, 6.07) is 0. The minimum Gasteiger partial charge on any atom is -0.381 e. The van der Waals surface area contributed by atoms with Crippen LogP contribution in [0.5, 0.6) is 0 Å². The summed E-state index contributed by atoms with van der Waals surface area (Å²) in [5.74, 6) is 2.76. The van der Waals surface area contributed by atoms with Crippen LogP contribution in [-0.2, 0) is 14.3 Å². The summed E-state index contributed by atoms with van der Waals surface area (Å²) < 4.78 is 10.3. The fourth-order valence-electron chi connectivity index (χ4n) is 3.23. The number of methoxy groups -OCH3 is 1. The Labute approximate surface area is 130 Å². The molecule has 0 unspecified atom stereocenters. The monoisotopic (exact) mass is 308 g/mol. The normalized spacial score (nSPS) is 21.2. The molecular formula is C15H24N4O3. The van der Waals surface area contributed by atoms with Gasteiger partial charge in [0.15, 0.2) is 5.82 Å². The van der Waals surface area contributed by atoms with Crippen molar-refractivity contribution < 1.29 is 14.3 Å². The fourth-order valence-corrected chi connectivity index (χ4v) is 3.23. The van der Waals surface area contributed by atoms with Crippen molar-refractivity contribution in [1.29, 1.82) is 0 Å². The lowest BCUT2D eigenvalue weighted by Crippen LogP contribution is -2.39. The second kappa shape index (κ2) is 7.19. The van der Waals surface area contributed by atoms with Gasteiger partial charge in [0.05, 0.1) is 0 Å². The standard InChI is InChI=1S/C15H24N4O3/c1-21-10-13(20)19-6-2-11(3-7-19)14-16-15(18-17-14)12-4-8-22-9-5-12/h11-12H,2-10H2,1H3,(H,16,17,18). The molecule has 3 rings (SSSR count). The summed E-state index contributed by atoms with van der Waals surface area (Å²) in [7, 11) is 1.55. The van der Waals surface area contributed by atoms with Gasteiger partial charge in [-0.3, -0.25) is 9.89 Å². The van der Waals surface area contributed by atoms with Crippen LogP contribution < -0.4 is 0 Å². The molecule has 2 aliphatic rings. The van der Waals surface area contributed by atoms with Crippen LogP contribution in [-0.4, -0.2) is 66.0 Å². The molecule has 1 aromatic heterocycles. The first-order valence-corrected chi connectivity index (χ1v) is 8.04. The molecule has 0 saturated carbocycles. The Bertz CT molecular complexity index is 491. The second-order valence-corrected chi connectivity index (χ2v) is 6.05. The highest BCUT2D eigenvalue weighted by Crippen LogP contribution is 2.28. The van der Waals surface area contributed by atoms with Crippen molar-refractivity contribution in [2.45, 2.75) is 37.5 Å². The number of aromatic nitrogens is 3. The maximum atomic E-state index is 11.8. The molecular weight excluding hydrogens is 284 g/mol. The molecule has 1 aromatic rings. The fraction of sp³-hybridized carbons (Fsp3) is 0.800. The number of amides is 1. The van der Waals surface area contributed by atoms with E-state index >= 15 is 0 Å². The first-order chi connectivity index (χ1) is 10.8. The zero-order chi connectivity index (χ0) is 15.4. The van der Waals surface area contributed by atoms with Gasteiger partial charge in [0, 0.05) is 45.2 Å². The Hall–Kier alpha value is -1.47. The molecule has 1 N–H and O–H groups in total. The number of aromatic amines is 1. The molecule has 7 heteroatoms. The number of ether oxygens (including phenoxy) is 2. The number of rotatable bonds is 4. The highest BCUT2D eigenvalue weighted by molar-refractivity contribution is 5.77. The molecule has 122 valence electrons. The number of hydrogen-bond donors (Lipinski definition) is 1. The first kappa shape index (κ1) is 15.4. The zero-order valence-corrected chi connectivity index (χ0v) is 13.1. The molecule has 2 aliphatic heterocycles. The van der Waals surface area contributed by atoms with E-state index in [2.05, 4.69) is 10.2 Å². The molecule has 0 radical (unpaired) electrons. The molecule has 0 aliphatic carbocycles. The summed E-state index contributed by atoms with van der Waals surface area (Å²) in [5, 5.41) is 7.52. The third kappa shape index (κ3) is 3.47. The Kier molecular flexibility index (Phi) is 5.04. The van der Waals surface area contributed by atoms with Gasteiger partial charge in [-0.2, -0.15) is 5.10 Å². The Balaban J connectivity index is 1.55. The lowest BCUT2D eigenvalue weighted by molar-refractivity contribution is -0.136. The van der Waals surface area contributed by atoms with Crippen molar-refractivity contribution in [3.05, 3.63) is 11.6 Å². The van der Waals surface area contributed by atoms with E-state index in [4.69, 9.17) is 14.5 Å². The van der Waals surface area contributed by atoms with Gasteiger partial charge in [-0.1, -0.05) is 0 Å². The minimum absolute atomic E-state index is 0.0708. The van der Waals surface area contributed by atoms with Crippen molar-refractivity contribution in [3.63, 3.8) is 0 Å². The van der Waals surface area contributed by atoms with Gasteiger partial charge >= 0.3 is 0 Å². The third-order valence-corrected chi connectivity index (χ3v) is 4.61. The molecule has 0 spiro atoms. The van der Waals surface area contributed by atoms with Crippen LogP contribution in [0.4, 0.5) is 0 Å². The second-order valence-electron chi connectivity index (χ2n) is 6.05. The van der Waals surface area contributed by atoms with Crippen LogP contribution in [0.2, 0.25) is 0 Å². The maximum Gasteiger partial charge on any atom is 0.248 e. The van der Waals surface area contributed by atoms with E-state index in [1.165, 1.54) is 0 Å². The SMILES string of the molecule is COCC(=O)N1CCC(c2nc(C3CCOCC3)n[nH]2)CC1. The molecule has 1 amide bonds. The van der Waals surface area contributed by atoms with Crippen LogP contribution in [0.1, 0.15) is 49.2 Å². The number of nitrogens with zero attached hydrogens (tertiary/aromatic N) is 3. The minimum atomic E-state index is 0.0708. The quantitative estimate of drug-likeness (QED) is 0.899. The van der Waals surface area contributed by atoms with Crippen molar-refractivity contribution in [2.24, 2.45) is 0 Å². The lowest BCUT2D eigenvalue weighted by atomic mass is 9.96. The maximum absolute atomic E-state index is 11.8. The lowest BCUT2D eigenvalue weighted by Gasteiger charge is -2.30. The number of likely N-dealkylation sites (tertiary alicyclic amines) is 1. The van der Waals surface area contributed by atoms with E-state index in [1.807, 2.05) is 4.90 Å². The average molecular weight is 308 g/mol. The Morgan fingerprint density at radius 1 is 1.27 bits per heavy atom. The predicted octanol–water partition coefficient (Wildman–Crippen LogP) is 1.05.